The van der Waals surface area contributed by atoms with Gasteiger partial charge < -0.3 is 24.8 Å². The number of likely N-dealkylation sites (tertiary alicyclic amines) is 1. The van der Waals surface area contributed by atoms with Gasteiger partial charge in [-0.2, -0.15) is 0 Å². The first-order valence-electron chi connectivity index (χ1n) is 14.4. The highest BCUT2D eigenvalue weighted by molar-refractivity contribution is 14.1. The normalized spacial score (nSPS) is 25.9. The van der Waals surface area contributed by atoms with Gasteiger partial charge >= 0.3 is 6.09 Å². The number of likely N-dealkylation sites (N-methyl/N-ethyl adjacent to an activating group) is 1. The molecule has 5 atom stereocenters. The molecule has 3 aromatic rings. The number of aryl methyl sites for hydroxylation is 1. The van der Waals surface area contributed by atoms with Crippen molar-refractivity contribution >= 4 is 45.3 Å². The number of aromatic nitrogens is 2. The number of pyridine rings is 2. The van der Waals surface area contributed by atoms with Crippen molar-refractivity contribution in [2.45, 2.75) is 63.3 Å². The predicted molar refractivity (Wildman–Crippen MR) is 161 cm³/mol. The van der Waals surface area contributed by atoms with Gasteiger partial charge in [-0.3, -0.25) is 9.88 Å². The number of para-hydroxylation sites is 1. The van der Waals surface area contributed by atoms with Crippen molar-refractivity contribution in [3.05, 3.63) is 39.3 Å². The lowest BCUT2D eigenvalue weighted by molar-refractivity contribution is 0.116. The van der Waals surface area contributed by atoms with Crippen LogP contribution in [0.15, 0.2) is 24.4 Å². The molecule has 2 N–H and O–H groups in total. The van der Waals surface area contributed by atoms with Gasteiger partial charge in [0.2, 0.25) is 5.88 Å². The lowest BCUT2D eigenvalue weighted by Crippen LogP contribution is -2.49. The van der Waals surface area contributed by atoms with E-state index in [1.165, 1.54) is 4.90 Å². The zero-order valence-electron chi connectivity index (χ0n) is 23.1. The van der Waals surface area contributed by atoms with Crippen molar-refractivity contribution in [1.29, 1.82) is 0 Å². The Morgan fingerprint density at radius 1 is 1.34 bits per heavy atom. The fraction of sp³-hybridized carbons (Fsp3) is 0.500. The molecule has 5 aliphatic rings. The maximum Gasteiger partial charge on any atom is 0.407 e. The maximum absolute atomic E-state index is 16.5. The summed E-state index contributed by atoms with van der Waals surface area (Å²) in [7, 11) is 2.10. The summed E-state index contributed by atoms with van der Waals surface area (Å²) < 4.78 is 29.7. The van der Waals surface area contributed by atoms with E-state index in [4.69, 9.17) is 14.5 Å². The lowest BCUT2D eigenvalue weighted by Gasteiger charge is -2.37. The van der Waals surface area contributed by atoms with Crippen LogP contribution in [0.25, 0.3) is 22.2 Å². The molecule has 4 aliphatic heterocycles. The third-order valence-corrected chi connectivity index (χ3v) is 10.3. The molecule has 8 rings (SSSR count). The summed E-state index contributed by atoms with van der Waals surface area (Å²) in [4.78, 5) is 24.9. The molecule has 4 fully saturated rings. The molecule has 0 spiro atoms. The fourth-order valence-corrected chi connectivity index (χ4v) is 7.83. The second-order valence-electron chi connectivity index (χ2n) is 11.7. The van der Waals surface area contributed by atoms with Crippen LogP contribution in [0.2, 0.25) is 0 Å². The number of nitrogens with one attached hydrogen (secondary N) is 1. The highest BCUT2D eigenvalue weighted by Gasteiger charge is 2.54. The number of nitrogens with zero attached hydrogens (tertiary/aromatic N) is 4. The van der Waals surface area contributed by atoms with E-state index >= 15 is 4.39 Å². The number of hydrogen-bond donors (Lipinski definition) is 2. The number of rotatable bonds is 6. The molecule has 6 heterocycles. The molecule has 1 amide bonds. The Bertz CT molecular complexity index is 1540. The minimum atomic E-state index is -0.902. The molecule has 1 saturated carbocycles. The number of carboxylic acid groups (broad SMARTS) is 1. The SMILES string of the molecule is C[C@H](Oc1nc2c(F)c(-c3cccc4c3OCCC4)ncc2c(N[C@H]2C3CC2N(C(=O)O)C3)c1I)[C@@H]1CCCN1C. The minimum Gasteiger partial charge on any atom is -0.493 e. The zero-order valence-corrected chi connectivity index (χ0v) is 25.2. The maximum atomic E-state index is 16.5. The molecule has 2 aromatic heterocycles. The smallest absolute Gasteiger partial charge is 0.407 e. The highest BCUT2D eigenvalue weighted by atomic mass is 127. The average molecular weight is 674 g/mol. The van der Waals surface area contributed by atoms with Gasteiger partial charge in [0, 0.05) is 35.7 Å². The third kappa shape index (κ3) is 4.46. The third-order valence-electron chi connectivity index (χ3n) is 9.34. The Morgan fingerprint density at radius 3 is 2.95 bits per heavy atom. The topological polar surface area (TPSA) is 100 Å². The second kappa shape index (κ2) is 10.4. The fourth-order valence-electron chi connectivity index (χ4n) is 7.13. The number of carbonyl (C=O) groups is 1. The first-order chi connectivity index (χ1) is 19.8. The summed E-state index contributed by atoms with van der Waals surface area (Å²) in [5, 5.41) is 13.8. The molecule has 2 unspecified atom stereocenters. The Labute approximate surface area is 251 Å². The Hall–Kier alpha value is -2.93. The van der Waals surface area contributed by atoms with Gasteiger partial charge in [-0.05, 0) is 86.8 Å². The van der Waals surface area contributed by atoms with Crippen LogP contribution in [-0.2, 0) is 6.42 Å². The first kappa shape index (κ1) is 26.9. The van der Waals surface area contributed by atoms with Crippen molar-refractivity contribution in [1.82, 2.24) is 19.8 Å². The predicted octanol–water partition coefficient (Wildman–Crippen LogP) is 5.39. The highest BCUT2D eigenvalue weighted by Crippen LogP contribution is 2.46. The number of halogens is 2. The van der Waals surface area contributed by atoms with E-state index in [-0.39, 0.29) is 41.4 Å². The molecule has 0 radical (unpaired) electrons. The number of fused-ring (bicyclic) bond motifs is 3. The van der Waals surface area contributed by atoms with Crippen molar-refractivity contribution in [3.8, 4) is 22.9 Å². The number of benzene rings is 1. The number of anilines is 1. The monoisotopic (exact) mass is 673 g/mol. The van der Waals surface area contributed by atoms with Gasteiger partial charge in [0.25, 0.3) is 0 Å². The molecule has 216 valence electrons. The van der Waals surface area contributed by atoms with E-state index in [2.05, 4.69) is 44.8 Å². The minimum absolute atomic E-state index is 0.0614. The molecular weight excluding hydrogens is 640 g/mol. The van der Waals surface area contributed by atoms with Gasteiger partial charge in [0.05, 0.1) is 27.9 Å². The summed E-state index contributed by atoms with van der Waals surface area (Å²) in [6.07, 6.45) is 5.40. The van der Waals surface area contributed by atoms with E-state index in [1.54, 1.807) is 6.20 Å². The van der Waals surface area contributed by atoms with Gasteiger partial charge in [0.15, 0.2) is 5.82 Å². The quantitative estimate of drug-likeness (QED) is 0.337. The van der Waals surface area contributed by atoms with Crippen LogP contribution in [0, 0.1) is 15.3 Å². The zero-order chi connectivity index (χ0) is 28.4. The van der Waals surface area contributed by atoms with Crippen molar-refractivity contribution in [2.24, 2.45) is 5.92 Å². The summed E-state index contributed by atoms with van der Waals surface area (Å²) >= 11 is 2.21. The van der Waals surface area contributed by atoms with Crippen LogP contribution in [0.1, 0.15) is 38.2 Å². The molecular formula is C30H33FIN5O4. The number of ether oxygens (including phenoxy) is 2. The van der Waals surface area contributed by atoms with E-state index in [0.717, 1.165) is 47.8 Å². The van der Waals surface area contributed by atoms with Crippen LogP contribution in [-0.4, -0.2) is 81.9 Å². The van der Waals surface area contributed by atoms with Crippen molar-refractivity contribution in [2.75, 3.05) is 32.1 Å². The number of amides is 1. The lowest BCUT2D eigenvalue weighted by atomic mass is 9.80. The number of hydrogen-bond acceptors (Lipinski definition) is 7. The van der Waals surface area contributed by atoms with Crippen LogP contribution >= 0.6 is 22.6 Å². The summed E-state index contributed by atoms with van der Waals surface area (Å²) in [5.74, 6) is 0.736. The van der Waals surface area contributed by atoms with Gasteiger partial charge in [-0.1, -0.05) is 12.1 Å². The molecule has 3 saturated heterocycles. The summed E-state index contributed by atoms with van der Waals surface area (Å²) in [6, 6.07) is 5.84. The van der Waals surface area contributed by atoms with E-state index in [9.17, 15) is 9.90 Å². The van der Waals surface area contributed by atoms with Gasteiger partial charge in [-0.25, -0.2) is 14.2 Å². The molecule has 41 heavy (non-hydrogen) atoms. The van der Waals surface area contributed by atoms with E-state index < -0.39 is 11.9 Å². The molecule has 2 bridgehead atoms. The first-order valence-corrected chi connectivity index (χ1v) is 15.5. The van der Waals surface area contributed by atoms with Crippen LogP contribution in [0.5, 0.6) is 11.6 Å². The van der Waals surface area contributed by atoms with E-state index in [1.807, 2.05) is 25.1 Å². The van der Waals surface area contributed by atoms with Gasteiger partial charge in [0.1, 0.15) is 23.1 Å². The Morgan fingerprint density at radius 2 is 2.20 bits per heavy atom. The summed E-state index contributed by atoms with van der Waals surface area (Å²) in [5.41, 5.74) is 2.74. The standard InChI is InChI=1S/C30H33FIN5O4/c1-15(20-9-4-10-36(20)2)41-29-23(32)27(34-24-17-12-21(24)37(14-17)30(38)39)19-13-33-25(22(31)26(19)35-29)18-8-3-6-16-7-5-11-40-28(16)18/h3,6,8,13,15,17,20-21,24H,4-5,7,9-12,14H2,1-2H3,(H,34,35)(H,38,39)/t15-,17?,20-,21?,24-/m0/s1. The van der Waals surface area contributed by atoms with Crippen molar-refractivity contribution in [3.63, 3.8) is 0 Å². The van der Waals surface area contributed by atoms with Crippen molar-refractivity contribution < 1.29 is 23.8 Å². The average Bonchev–Trinajstić information content (AvgIpc) is 3.69. The van der Waals surface area contributed by atoms with Crippen LogP contribution in [0.4, 0.5) is 14.9 Å². The Balaban J connectivity index is 1.33. The largest absolute Gasteiger partial charge is 0.493 e. The van der Waals surface area contributed by atoms with Crippen LogP contribution < -0.4 is 14.8 Å². The second-order valence-corrected chi connectivity index (χ2v) is 12.8. The Kier molecular flexibility index (Phi) is 6.84. The van der Waals surface area contributed by atoms with Gasteiger partial charge in [-0.15, -0.1) is 0 Å². The molecule has 9 nitrogen and oxygen atoms in total. The molecule has 1 aliphatic carbocycles. The molecule has 11 heteroatoms. The van der Waals surface area contributed by atoms with E-state index in [0.29, 0.717) is 41.4 Å². The molecule has 1 aromatic carbocycles. The van der Waals surface area contributed by atoms with Crippen LogP contribution in [0.3, 0.4) is 0 Å². The summed E-state index contributed by atoms with van der Waals surface area (Å²) in [6.45, 7) is 4.15.